The van der Waals surface area contributed by atoms with Crippen molar-refractivity contribution in [3.63, 3.8) is 0 Å². The zero-order valence-electron chi connectivity index (χ0n) is 12.4. The predicted octanol–water partition coefficient (Wildman–Crippen LogP) is 3.57. The summed E-state index contributed by atoms with van der Waals surface area (Å²) < 4.78 is 0. The topological polar surface area (TPSA) is 68.0 Å². The highest BCUT2D eigenvalue weighted by atomic mass is 32.1. The number of hydrogen-bond acceptors (Lipinski definition) is 4. The Labute approximate surface area is 129 Å². The van der Waals surface area contributed by atoms with Gasteiger partial charge in [-0.1, -0.05) is 25.5 Å². The van der Waals surface area contributed by atoms with Crippen LogP contribution in [0.4, 0.5) is 5.69 Å². The van der Waals surface area contributed by atoms with Gasteiger partial charge in [0, 0.05) is 29.1 Å². The van der Waals surface area contributed by atoms with Crippen LogP contribution < -0.4 is 11.1 Å². The standard InChI is InChI=1S/C16H21N3OS/c1-3-4-13(17)9-16(20)19-14-7-5-12(6-8-14)15-10-21-11(2)18-15/h5-8,10,13H,3-4,9,17H2,1-2H3,(H,19,20). The second-order valence-electron chi connectivity index (χ2n) is 5.13. The fourth-order valence-corrected chi connectivity index (χ4v) is 2.77. The van der Waals surface area contributed by atoms with E-state index in [-0.39, 0.29) is 11.9 Å². The Bertz CT molecular complexity index is 592. The molecule has 21 heavy (non-hydrogen) atoms. The summed E-state index contributed by atoms with van der Waals surface area (Å²) in [6.07, 6.45) is 2.23. The third-order valence-corrected chi connectivity index (χ3v) is 3.96. The summed E-state index contributed by atoms with van der Waals surface area (Å²) in [5.74, 6) is -0.0341. The molecule has 2 rings (SSSR count). The summed E-state index contributed by atoms with van der Waals surface area (Å²) in [6, 6.07) is 7.67. The summed E-state index contributed by atoms with van der Waals surface area (Å²) in [5.41, 5.74) is 8.69. The molecule has 1 heterocycles. The van der Waals surface area contributed by atoms with Gasteiger partial charge in [-0.3, -0.25) is 4.79 Å². The first-order valence-electron chi connectivity index (χ1n) is 7.16. The van der Waals surface area contributed by atoms with E-state index in [0.717, 1.165) is 34.8 Å². The fraction of sp³-hybridized carbons (Fsp3) is 0.375. The van der Waals surface area contributed by atoms with Gasteiger partial charge in [-0.25, -0.2) is 4.98 Å². The van der Waals surface area contributed by atoms with Crippen LogP contribution in [0.3, 0.4) is 0 Å². The van der Waals surface area contributed by atoms with Gasteiger partial charge < -0.3 is 11.1 Å². The second-order valence-corrected chi connectivity index (χ2v) is 6.19. The van der Waals surface area contributed by atoms with E-state index in [2.05, 4.69) is 17.2 Å². The Hall–Kier alpha value is -1.72. The van der Waals surface area contributed by atoms with Crippen LogP contribution in [-0.4, -0.2) is 16.9 Å². The third-order valence-electron chi connectivity index (χ3n) is 3.19. The van der Waals surface area contributed by atoms with Crippen LogP contribution in [-0.2, 0) is 4.79 Å². The molecule has 1 atom stereocenters. The molecule has 112 valence electrons. The zero-order valence-corrected chi connectivity index (χ0v) is 13.2. The van der Waals surface area contributed by atoms with Crippen molar-refractivity contribution in [3.05, 3.63) is 34.7 Å². The van der Waals surface area contributed by atoms with Gasteiger partial charge in [0.25, 0.3) is 0 Å². The first kappa shape index (κ1) is 15.7. The lowest BCUT2D eigenvalue weighted by atomic mass is 10.1. The fourth-order valence-electron chi connectivity index (χ4n) is 2.14. The van der Waals surface area contributed by atoms with Crippen molar-refractivity contribution in [1.82, 2.24) is 4.98 Å². The molecule has 0 saturated carbocycles. The number of rotatable bonds is 6. The number of carbonyl (C=O) groups excluding carboxylic acids is 1. The number of benzene rings is 1. The van der Waals surface area contributed by atoms with Gasteiger partial charge in [-0.15, -0.1) is 11.3 Å². The van der Waals surface area contributed by atoms with Crippen LogP contribution in [0.25, 0.3) is 11.3 Å². The summed E-state index contributed by atoms with van der Waals surface area (Å²) in [7, 11) is 0. The molecular formula is C16H21N3OS. The van der Waals surface area contributed by atoms with Crippen molar-refractivity contribution in [2.45, 2.75) is 39.2 Å². The molecule has 1 aromatic carbocycles. The lowest BCUT2D eigenvalue weighted by Crippen LogP contribution is -2.26. The Balaban J connectivity index is 1.95. The highest BCUT2D eigenvalue weighted by Gasteiger charge is 2.09. The quantitative estimate of drug-likeness (QED) is 0.857. The molecule has 1 aromatic heterocycles. The summed E-state index contributed by atoms with van der Waals surface area (Å²) in [4.78, 5) is 16.3. The third kappa shape index (κ3) is 4.65. The predicted molar refractivity (Wildman–Crippen MR) is 88.4 cm³/mol. The highest BCUT2D eigenvalue weighted by molar-refractivity contribution is 7.09. The zero-order chi connectivity index (χ0) is 15.2. The molecule has 3 N–H and O–H groups in total. The average Bonchev–Trinajstić information content (AvgIpc) is 2.86. The van der Waals surface area contributed by atoms with E-state index in [1.165, 1.54) is 0 Å². The summed E-state index contributed by atoms with van der Waals surface area (Å²) in [5, 5.41) is 5.96. The van der Waals surface area contributed by atoms with E-state index in [4.69, 9.17) is 5.73 Å². The summed E-state index contributed by atoms with van der Waals surface area (Å²) >= 11 is 1.63. The van der Waals surface area contributed by atoms with Gasteiger partial charge in [0.2, 0.25) is 5.91 Å². The van der Waals surface area contributed by atoms with E-state index < -0.39 is 0 Å². The largest absolute Gasteiger partial charge is 0.327 e. The molecule has 0 fully saturated rings. The SMILES string of the molecule is CCCC(N)CC(=O)Nc1ccc(-c2csc(C)n2)cc1. The molecule has 1 unspecified atom stereocenters. The Morgan fingerprint density at radius 2 is 2.10 bits per heavy atom. The van der Waals surface area contributed by atoms with Crippen molar-refractivity contribution in [1.29, 1.82) is 0 Å². The van der Waals surface area contributed by atoms with Crippen LogP contribution in [0.1, 0.15) is 31.2 Å². The van der Waals surface area contributed by atoms with Gasteiger partial charge in [-0.2, -0.15) is 0 Å². The number of anilines is 1. The van der Waals surface area contributed by atoms with Crippen molar-refractivity contribution in [3.8, 4) is 11.3 Å². The lowest BCUT2D eigenvalue weighted by Gasteiger charge is -2.10. The molecule has 0 spiro atoms. The maximum atomic E-state index is 11.9. The first-order valence-corrected chi connectivity index (χ1v) is 8.04. The molecule has 2 aromatic rings. The van der Waals surface area contributed by atoms with Crippen LogP contribution in [0.2, 0.25) is 0 Å². The molecule has 5 heteroatoms. The number of nitrogens with two attached hydrogens (primary N) is 1. The number of aryl methyl sites for hydroxylation is 1. The average molecular weight is 303 g/mol. The molecule has 0 aliphatic rings. The number of thiazole rings is 1. The van der Waals surface area contributed by atoms with Crippen LogP contribution in [0.15, 0.2) is 29.6 Å². The number of nitrogens with one attached hydrogen (secondary N) is 1. The number of aromatic nitrogens is 1. The molecule has 1 amide bonds. The normalized spacial score (nSPS) is 12.1. The van der Waals surface area contributed by atoms with E-state index in [1.807, 2.05) is 36.6 Å². The van der Waals surface area contributed by atoms with Crippen molar-refractivity contribution in [2.75, 3.05) is 5.32 Å². The van der Waals surface area contributed by atoms with E-state index in [1.54, 1.807) is 11.3 Å². The number of amides is 1. The Kier molecular flexibility index (Phi) is 5.47. The molecular weight excluding hydrogens is 282 g/mol. The van der Waals surface area contributed by atoms with Gasteiger partial charge in [0.1, 0.15) is 0 Å². The van der Waals surface area contributed by atoms with Crippen molar-refractivity contribution < 1.29 is 4.79 Å². The maximum Gasteiger partial charge on any atom is 0.225 e. The van der Waals surface area contributed by atoms with Crippen LogP contribution in [0, 0.1) is 6.92 Å². The molecule has 0 aliphatic carbocycles. The van der Waals surface area contributed by atoms with Gasteiger partial charge in [0.15, 0.2) is 0 Å². The van der Waals surface area contributed by atoms with Crippen LogP contribution >= 0.6 is 11.3 Å². The Morgan fingerprint density at radius 1 is 1.38 bits per heavy atom. The minimum atomic E-state index is -0.0627. The molecule has 4 nitrogen and oxygen atoms in total. The molecule has 0 aliphatic heterocycles. The van der Waals surface area contributed by atoms with E-state index in [9.17, 15) is 4.79 Å². The highest BCUT2D eigenvalue weighted by Crippen LogP contribution is 2.23. The molecule has 0 bridgehead atoms. The smallest absolute Gasteiger partial charge is 0.225 e. The molecule has 0 saturated heterocycles. The number of nitrogens with zero attached hydrogens (tertiary/aromatic N) is 1. The van der Waals surface area contributed by atoms with Gasteiger partial charge in [0.05, 0.1) is 10.7 Å². The number of carbonyl (C=O) groups is 1. The minimum absolute atomic E-state index is 0.0341. The maximum absolute atomic E-state index is 11.9. The Morgan fingerprint density at radius 3 is 2.67 bits per heavy atom. The van der Waals surface area contributed by atoms with E-state index >= 15 is 0 Å². The lowest BCUT2D eigenvalue weighted by molar-refractivity contribution is -0.116. The number of hydrogen-bond donors (Lipinski definition) is 2. The van der Waals surface area contributed by atoms with E-state index in [0.29, 0.717) is 6.42 Å². The van der Waals surface area contributed by atoms with Crippen molar-refractivity contribution >= 4 is 22.9 Å². The second kappa shape index (κ2) is 7.33. The monoisotopic (exact) mass is 303 g/mol. The molecule has 0 radical (unpaired) electrons. The van der Waals surface area contributed by atoms with Crippen molar-refractivity contribution in [2.24, 2.45) is 5.73 Å². The summed E-state index contributed by atoms with van der Waals surface area (Å²) in [6.45, 7) is 4.05. The van der Waals surface area contributed by atoms with Crippen LogP contribution in [0.5, 0.6) is 0 Å². The minimum Gasteiger partial charge on any atom is -0.327 e. The van der Waals surface area contributed by atoms with Gasteiger partial charge >= 0.3 is 0 Å². The first-order chi connectivity index (χ1) is 10.1. The van der Waals surface area contributed by atoms with Gasteiger partial charge in [-0.05, 0) is 25.5 Å².